The zero-order valence-electron chi connectivity index (χ0n) is 12.8. The molecule has 4 heteroatoms. The van der Waals surface area contributed by atoms with Gasteiger partial charge in [-0.1, -0.05) is 18.2 Å². The molecule has 114 valence electrons. The number of nitrogens with zero attached hydrogens (tertiary/aromatic N) is 1. The molecule has 4 nitrogen and oxygen atoms in total. The summed E-state index contributed by atoms with van der Waals surface area (Å²) < 4.78 is 11.5. The van der Waals surface area contributed by atoms with E-state index < -0.39 is 0 Å². The van der Waals surface area contributed by atoms with Gasteiger partial charge in [-0.15, -0.1) is 0 Å². The van der Waals surface area contributed by atoms with Crippen molar-refractivity contribution in [2.75, 3.05) is 20.3 Å². The van der Waals surface area contributed by atoms with Gasteiger partial charge in [-0.2, -0.15) is 0 Å². The molecule has 0 N–H and O–H groups in total. The van der Waals surface area contributed by atoms with Crippen molar-refractivity contribution in [1.29, 1.82) is 0 Å². The van der Waals surface area contributed by atoms with Crippen molar-refractivity contribution in [3.63, 3.8) is 0 Å². The number of benzene rings is 1. The first-order valence-corrected chi connectivity index (χ1v) is 7.72. The minimum atomic E-state index is -0.358. The third-order valence-electron chi connectivity index (χ3n) is 4.77. The SMILES string of the molecule is Cc1ccccc1C(=O)N(C)C1CCC2(CC1)OCCO2. The van der Waals surface area contributed by atoms with Gasteiger partial charge in [0.1, 0.15) is 0 Å². The monoisotopic (exact) mass is 289 g/mol. The van der Waals surface area contributed by atoms with Crippen LogP contribution in [0.15, 0.2) is 24.3 Å². The summed E-state index contributed by atoms with van der Waals surface area (Å²) in [6, 6.07) is 8.05. The van der Waals surface area contributed by atoms with Crippen molar-refractivity contribution < 1.29 is 14.3 Å². The van der Waals surface area contributed by atoms with Crippen molar-refractivity contribution in [2.45, 2.75) is 44.4 Å². The lowest BCUT2D eigenvalue weighted by Gasteiger charge is -2.39. The van der Waals surface area contributed by atoms with Gasteiger partial charge in [0.15, 0.2) is 5.79 Å². The van der Waals surface area contributed by atoms with E-state index in [9.17, 15) is 4.79 Å². The lowest BCUT2D eigenvalue weighted by atomic mass is 9.89. The van der Waals surface area contributed by atoms with Crippen LogP contribution in [0, 0.1) is 6.92 Å². The van der Waals surface area contributed by atoms with E-state index in [-0.39, 0.29) is 17.7 Å². The number of carbonyl (C=O) groups excluding carboxylic acids is 1. The third-order valence-corrected chi connectivity index (χ3v) is 4.77. The Kier molecular flexibility index (Phi) is 4.00. The molecule has 1 amide bonds. The van der Waals surface area contributed by atoms with Crippen molar-refractivity contribution in [2.24, 2.45) is 0 Å². The fourth-order valence-electron chi connectivity index (χ4n) is 3.38. The smallest absolute Gasteiger partial charge is 0.254 e. The lowest BCUT2D eigenvalue weighted by molar-refractivity contribution is -0.182. The molecule has 0 aromatic heterocycles. The maximum atomic E-state index is 12.6. The summed E-state index contributed by atoms with van der Waals surface area (Å²) in [5.41, 5.74) is 1.83. The number of ether oxygens (including phenoxy) is 2. The van der Waals surface area contributed by atoms with Gasteiger partial charge in [-0.05, 0) is 31.4 Å². The molecule has 1 aliphatic carbocycles. The molecule has 2 aliphatic rings. The molecule has 0 unspecified atom stereocenters. The summed E-state index contributed by atoms with van der Waals surface area (Å²) in [5, 5.41) is 0. The molecule has 1 aromatic carbocycles. The molecular weight excluding hydrogens is 266 g/mol. The fraction of sp³-hybridized carbons (Fsp3) is 0.588. The first kappa shape index (κ1) is 14.5. The minimum Gasteiger partial charge on any atom is -0.348 e. The summed E-state index contributed by atoms with van der Waals surface area (Å²) in [4.78, 5) is 14.5. The Bertz CT molecular complexity index is 513. The second-order valence-corrected chi connectivity index (χ2v) is 6.07. The lowest BCUT2D eigenvalue weighted by Crippen LogP contribution is -2.45. The van der Waals surface area contributed by atoms with Crippen LogP contribution >= 0.6 is 0 Å². The molecule has 3 rings (SSSR count). The number of hydrogen-bond donors (Lipinski definition) is 0. The summed E-state index contributed by atoms with van der Waals surface area (Å²) in [6.07, 6.45) is 3.63. The van der Waals surface area contributed by atoms with Crippen LogP contribution in [-0.4, -0.2) is 42.9 Å². The first-order chi connectivity index (χ1) is 10.1. The highest BCUT2D eigenvalue weighted by Gasteiger charge is 2.41. The van der Waals surface area contributed by atoms with Crippen LogP contribution in [0.4, 0.5) is 0 Å². The van der Waals surface area contributed by atoms with Gasteiger partial charge < -0.3 is 14.4 Å². The van der Waals surface area contributed by atoms with Crippen LogP contribution in [0.25, 0.3) is 0 Å². The molecule has 2 fully saturated rings. The highest BCUT2D eigenvalue weighted by atomic mass is 16.7. The molecule has 1 saturated carbocycles. The van der Waals surface area contributed by atoms with E-state index in [1.807, 2.05) is 43.1 Å². The maximum Gasteiger partial charge on any atom is 0.254 e. The Hall–Kier alpha value is -1.39. The zero-order chi connectivity index (χ0) is 14.9. The molecule has 1 heterocycles. The van der Waals surface area contributed by atoms with E-state index in [0.29, 0.717) is 13.2 Å². The molecule has 1 saturated heterocycles. The van der Waals surface area contributed by atoms with E-state index in [2.05, 4.69) is 0 Å². The van der Waals surface area contributed by atoms with Crippen LogP contribution in [0.1, 0.15) is 41.6 Å². The van der Waals surface area contributed by atoms with Crippen molar-refractivity contribution >= 4 is 5.91 Å². The number of carbonyl (C=O) groups is 1. The van der Waals surface area contributed by atoms with Gasteiger partial charge in [0.05, 0.1) is 13.2 Å². The van der Waals surface area contributed by atoms with Gasteiger partial charge in [0.25, 0.3) is 5.91 Å². The van der Waals surface area contributed by atoms with E-state index in [4.69, 9.17) is 9.47 Å². The predicted octanol–water partition coefficient (Wildman–Crippen LogP) is 2.75. The van der Waals surface area contributed by atoms with Gasteiger partial charge in [0, 0.05) is 31.5 Å². The molecule has 0 atom stereocenters. The summed E-state index contributed by atoms with van der Waals surface area (Å²) in [7, 11) is 1.91. The van der Waals surface area contributed by atoms with Crippen molar-refractivity contribution in [3.8, 4) is 0 Å². The Morgan fingerprint density at radius 1 is 1.19 bits per heavy atom. The fourth-order valence-corrected chi connectivity index (χ4v) is 3.38. The normalized spacial score (nSPS) is 21.6. The average molecular weight is 289 g/mol. The summed E-state index contributed by atoms with van der Waals surface area (Å²) in [6.45, 7) is 3.38. The molecule has 21 heavy (non-hydrogen) atoms. The average Bonchev–Trinajstić information content (AvgIpc) is 2.95. The highest BCUT2D eigenvalue weighted by Crippen LogP contribution is 2.37. The molecule has 0 bridgehead atoms. The van der Waals surface area contributed by atoms with Crippen LogP contribution in [0.3, 0.4) is 0 Å². The summed E-state index contributed by atoms with van der Waals surface area (Å²) in [5.74, 6) is -0.245. The van der Waals surface area contributed by atoms with E-state index >= 15 is 0 Å². The van der Waals surface area contributed by atoms with Gasteiger partial charge >= 0.3 is 0 Å². The first-order valence-electron chi connectivity index (χ1n) is 7.72. The third kappa shape index (κ3) is 2.83. The van der Waals surface area contributed by atoms with E-state index in [1.54, 1.807) is 0 Å². The van der Waals surface area contributed by atoms with E-state index in [0.717, 1.165) is 36.8 Å². The van der Waals surface area contributed by atoms with Crippen molar-refractivity contribution in [3.05, 3.63) is 35.4 Å². The minimum absolute atomic E-state index is 0.113. The largest absolute Gasteiger partial charge is 0.348 e. The number of hydrogen-bond acceptors (Lipinski definition) is 3. The molecule has 1 aliphatic heterocycles. The molecule has 1 aromatic rings. The number of amides is 1. The van der Waals surface area contributed by atoms with Gasteiger partial charge in [0.2, 0.25) is 0 Å². The second-order valence-electron chi connectivity index (χ2n) is 6.07. The standard InChI is InChI=1S/C17H23NO3/c1-13-5-3-4-6-15(13)16(19)18(2)14-7-9-17(10-8-14)20-11-12-21-17/h3-6,14H,7-12H2,1-2H3. The Balaban J connectivity index is 1.65. The highest BCUT2D eigenvalue weighted by molar-refractivity contribution is 5.95. The van der Waals surface area contributed by atoms with Crippen LogP contribution < -0.4 is 0 Å². The van der Waals surface area contributed by atoms with Crippen LogP contribution in [-0.2, 0) is 9.47 Å². The number of aryl methyl sites for hydroxylation is 1. The van der Waals surface area contributed by atoms with Gasteiger partial charge in [-0.25, -0.2) is 0 Å². The summed E-state index contributed by atoms with van der Waals surface area (Å²) >= 11 is 0. The van der Waals surface area contributed by atoms with E-state index in [1.165, 1.54) is 0 Å². The Morgan fingerprint density at radius 3 is 2.43 bits per heavy atom. The quantitative estimate of drug-likeness (QED) is 0.840. The molecule has 1 spiro atoms. The predicted molar refractivity (Wildman–Crippen MR) is 80.2 cm³/mol. The van der Waals surface area contributed by atoms with Crippen LogP contribution in [0.5, 0.6) is 0 Å². The van der Waals surface area contributed by atoms with Crippen LogP contribution in [0.2, 0.25) is 0 Å². The Labute approximate surface area is 126 Å². The molecule has 0 radical (unpaired) electrons. The maximum absolute atomic E-state index is 12.6. The zero-order valence-corrected chi connectivity index (χ0v) is 12.8. The Morgan fingerprint density at radius 2 is 1.81 bits per heavy atom. The van der Waals surface area contributed by atoms with Gasteiger partial charge in [-0.3, -0.25) is 4.79 Å². The topological polar surface area (TPSA) is 38.8 Å². The second kappa shape index (κ2) is 5.78. The van der Waals surface area contributed by atoms with Crippen molar-refractivity contribution in [1.82, 2.24) is 4.90 Å². The molecular formula is C17H23NO3. The number of rotatable bonds is 2.